The summed E-state index contributed by atoms with van der Waals surface area (Å²) >= 11 is 6.15. The van der Waals surface area contributed by atoms with Gasteiger partial charge in [-0.2, -0.15) is 0 Å². The van der Waals surface area contributed by atoms with Gasteiger partial charge in [-0.25, -0.2) is 4.98 Å². The third-order valence-corrected chi connectivity index (χ3v) is 5.65. The average Bonchev–Trinajstić information content (AvgIpc) is 3.05. The van der Waals surface area contributed by atoms with E-state index in [1.54, 1.807) is 47.4 Å². The molecule has 0 spiro atoms. The summed E-state index contributed by atoms with van der Waals surface area (Å²) in [7, 11) is 0. The van der Waals surface area contributed by atoms with E-state index >= 15 is 0 Å². The number of nitrogens with one attached hydrogen (secondary N) is 1. The molecule has 33 heavy (non-hydrogen) atoms. The van der Waals surface area contributed by atoms with E-state index in [4.69, 9.17) is 22.1 Å². The monoisotopic (exact) mass is 464 g/mol. The second-order valence-electron chi connectivity index (χ2n) is 7.71. The molecule has 3 aromatic rings. The Morgan fingerprint density at radius 2 is 1.97 bits per heavy atom. The van der Waals surface area contributed by atoms with Gasteiger partial charge in [-0.05, 0) is 67.3 Å². The molecule has 0 bridgehead atoms. The molecule has 8 heteroatoms. The Morgan fingerprint density at radius 1 is 1.12 bits per heavy atom. The molecule has 2 amide bonds. The van der Waals surface area contributed by atoms with Gasteiger partial charge in [-0.1, -0.05) is 23.7 Å². The summed E-state index contributed by atoms with van der Waals surface area (Å²) in [5.74, 6) is 0.305. The van der Waals surface area contributed by atoms with E-state index in [0.29, 0.717) is 47.4 Å². The number of aryl methyl sites for hydroxylation is 1. The Morgan fingerprint density at radius 3 is 2.76 bits per heavy atom. The molecule has 0 aliphatic carbocycles. The van der Waals surface area contributed by atoms with Gasteiger partial charge in [-0.15, -0.1) is 0 Å². The lowest BCUT2D eigenvalue weighted by Gasteiger charge is -2.23. The van der Waals surface area contributed by atoms with Crippen LogP contribution in [0.5, 0.6) is 5.75 Å². The number of nitrogens with zero attached hydrogens (tertiary/aromatic N) is 2. The number of para-hydroxylation sites is 1. The Hall–Kier alpha value is -3.42. The van der Waals surface area contributed by atoms with Gasteiger partial charge < -0.3 is 20.7 Å². The van der Waals surface area contributed by atoms with Gasteiger partial charge in [-0.3, -0.25) is 9.59 Å². The molecule has 2 heterocycles. The van der Waals surface area contributed by atoms with Crippen molar-refractivity contribution in [3.8, 4) is 5.75 Å². The number of pyridine rings is 1. The van der Waals surface area contributed by atoms with Crippen molar-refractivity contribution in [3.63, 3.8) is 0 Å². The second kappa shape index (κ2) is 10.5. The van der Waals surface area contributed by atoms with E-state index in [0.717, 1.165) is 30.5 Å². The Balaban J connectivity index is 1.49. The average molecular weight is 465 g/mol. The third-order valence-electron chi connectivity index (χ3n) is 5.41. The van der Waals surface area contributed by atoms with E-state index in [1.165, 1.54) is 6.20 Å². The zero-order valence-corrected chi connectivity index (χ0v) is 18.8. The molecule has 0 fully saturated rings. The predicted molar refractivity (Wildman–Crippen MR) is 129 cm³/mol. The number of carbonyl (C=O) groups is 2. The highest BCUT2D eigenvalue weighted by Crippen LogP contribution is 2.30. The predicted octanol–water partition coefficient (Wildman–Crippen LogP) is 4.31. The van der Waals surface area contributed by atoms with E-state index in [-0.39, 0.29) is 11.8 Å². The number of fused-ring (bicyclic) bond motifs is 1. The number of rotatable bonds is 6. The summed E-state index contributed by atoms with van der Waals surface area (Å²) in [4.78, 5) is 32.0. The quantitative estimate of drug-likeness (QED) is 0.566. The molecular formula is C25H25ClN4O3. The number of amides is 2. The van der Waals surface area contributed by atoms with E-state index < -0.39 is 0 Å². The van der Waals surface area contributed by atoms with Gasteiger partial charge in [0.15, 0.2) is 0 Å². The summed E-state index contributed by atoms with van der Waals surface area (Å²) in [5, 5.41) is 3.42. The van der Waals surface area contributed by atoms with Crippen LogP contribution in [0.15, 0.2) is 60.8 Å². The normalized spacial score (nSPS) is 13.1. The van der Waals surface area contributed by atoms with Crippen LogP contribution in [0.1, 0.15) is 39.1 Å². The molecular weight excluding hydrogens is 440 g/mol. The van der Waals surface area contributed by atoms with Crippen LogP contribution >= 0.6 is 11.6 Å². The number of anilines is 2. The SMILES string of the molecule is NCCOc1ccccc1C(=O)Nc1ccc(C(=O)N2CCCCc3cc(Cl)ccc32)cn1. The Bertz CT molecular complexity index is 1150. The molecule has 1 aromatic heterocycles. The van der Waals surface area contributed by atoms with Gasteiger partial charge in [0.25, 0.3) is 11.8 Å². The van der Waals surface area contributed by atoms with Crippen molar-refractivity contribution in [2.24, 2.45) is 5.73 Å². The lowest BCUT2D eigenvalue weighted by atomic mass is 10.1. The van der Waals surface area contributed by atoms with Gasteiger partial charge in [0.05, 0.1) is 11.1 Å². The van der Waals surface area contributed by atoms with Gasteiger partial charge in [0.1, 0.15) is 18.2 Å². The highest BCUT2D eigenvalue weighted by atomic mass is 35.5. The molecule has 4 rings (SSSR count). The number of carbonyl (C=O) groups excluding carboxylic acids is 2. The van der Waals surface area contributed by atoms with E-state index in [2.05, 4.69) is 10.3 Å². The first-order chi connectivity index (χ1) is 16.1. The van der Waals surface area contributed by atoms with Crippen molar-refractivity contribution in [2.45, 2.75) is 19.3 Å². The second-order valence-corrected chi connectivity index (χ2v) is 8.14. The Labute approximate surface area is 197 Å². The fourth-order valence-electron chi connectivity index (χ4n) is 3.82. The van der Waals surface area contributed by atoms with Gasteiger partial charge in [0.2, 0.25) is 0 Å². The Kier molecular flexibility index (Phi) is 7.22. The number of ether oxygens (including phenoxy) is 1. The highest BCUT2D eigenvalue weighted by Gasteiger charge is 2.23. The molecule has 0 saturated heterocycles. The fourth-order valence-corrected chi connectivity index (χ4v) is 4.01. The lowest BCUT2D eigenvalue weighted by molar-refractivity contribution is 0.0985. The van der Waals surface area contributed by atoms with Crippen molar-refractivity contribution in [2.75, 3.05) is 29.9 Å². The number of halogens is 1. The standard InChI is InChI=1S/C25H25ClN4O3/c26-19-9-10-21-17(15-19)5-3-4-13-30(21)25(32)18-8-11-23(28-16-18)29-24(31)20-6-1-2-7-22(20)33-14-12-27/h1-2,6-11,15-16H,3-5,12-14,27H2,(H,28,29,31). The molecule has 170 valence electrons. The maximum absolute atomic E-state index is 13.2. The van der Waals surface area contributed by atoms with Crippen LogP contribution in [0, 0.1) is 0 Å². The first-order valence-electron chi connectivity index (χ1n) is 10.9. The van der Waals surface area contributed by atoms with Gasteiger partial charge >= 0.3 is 0 Å². The summed E-state index contributed by atoms with van der Waals surface area (Å²) in [6, 6.07) is 15.8. The number of hydrogen-bond acceptors (Lipinski definition) is 5. The minimum atomic E-state index is -0.354. The summed E-state index contributed by atoms with van der Waals surface area (Å²) in [6.07, 6.45) is 4.27. The maximum atomic E-state index is 13.2. The number of aromatic nitrogens is 1. The number of hydrogen-bond donors (Lipinski definition) is 2. The molecule has 0 radical (unpaired) electrons. The summed E-state index contributed by atoms with van der Waals surface area (Å²) < 4.78 is 5.54. The minimum absolute atomic E-state index is 0.133. The van der Waals surface area contributed by atoms with Crippen LogP contribution in [0.25, 0.3) is 0 Å². The van der Waals surface area contributed by atoms with Crippen molar-refractivity contribution in [1.29, 1.82) is 0 Å². The molecule has 1 aliphatic heterocycles. The molecule has 0 unspecified atom stereocenters. The third kappa shape index (κ3) is 5.32. The summed E-state index contributed by atoms with van der Waals surface area (Å²) in [6.45, 7) is 1.29. The van der Waals surface area contributed by atoms with Crippen molar-refractivity contribution < 1.29 is 14.3 Å². The van der Waals surface area contributed by atoms with Crippen molar-refractivity contribution >= 4 is 34.9 Å². The zero-order chi connectivity index (χ0) is 23.2. The van der Waals surface area contributed by atoms with Crippen LogP contribution in [-0.2, 0) is 6.42 Å². The zero-order valence-electron chi connectivity index (χ0n) is 18.1. The fraction of sp³-hybridized carbons (Fsp3) is 0.240. The largest absolute Gasteiger partial charge is 0.491 e. The van der Waals surface area contributed by atoms with Crippen LogP contribution < -0.4 is 20.7 Å². The van der Waals surface area contributed by atoms with Crippen LogP contribution in [-0.4, -0.2) is 36.5 Å². The van der Waals surface area contributed by atoms with Crippen LogP contribution in [0.4, 0.5) is 11.5 Å². The molecule has 3 N–H and O–H groups in total. The summed E-state index contributed by atoms with van der Waals surface area (Å²) in [5.41, 5.74) is 8.27. The van der Waals surface area contributed by atoms with Crippen molar-refractivity contribution in [1.82, 2.24) is 4.98 Å². The smallest absolute Gasteiger partial charge is 0.260 e. The van der Waals surface area contributed by atoms with Gasteiger partial charge in [0, 0.05) is 30.0 Å². The molecule has 0 atom stereocenters. The topological polar surface area (TPSA) is 97.5 Å². The minimum Gasteiger partial charge on any atom is -0.491 e. The molecule has 0 saturated carbocycles. The van der Waals surface area contributed by atoms with E-state index in [1.807, 2.05) is 12.1 Å². The molecule has 7 nitrogen and oxygen atoms in total. The molecule has 1 aliphatic rings. The molecule has 2 aromatic carbocycles. The number of benzene rings is 2. The lowest BCUT2D eigenvalue weighted by Crippen LogP contribution is -2.31. The van der Waals surface area contributed by atoms with E-state index in [9.17, 15) is 9.59 Å². The van der Waals surface area contributed by atoms with Crippen LogP contribution in [0.2, 0.25) is 5.02 Å². The highest BCUT2D eigenvalue weighted by molar-refractivity contribution is 6.30. The maximum Gasteiger partial charge on any atom is 0.260 e. The van der Waals surface area contributed by atoms with Crippen LogP contribution in [0.3, 0.4) is 0 Å². The first kappa shape index (κ1) is 22.8. The number of nitrogens with two attached hydrogens (primary N) is 1. The van der Waals surface area contributed by atoms with Crippen molar-refractivity contribution in [3.05, 3.63) is 82.5 Å². The first-order valence-corrected chi connectivity index (χ1v) is 11.2.